The molecule has 19 heavy (non-hydrogen) atoms. The zero-order chi connectivity index (χ0) is 13.5. The maximum absolute atomic E-state index is 5.73. The van der Waals surface area contributed by atoms with E-state index in [0.717, 1.165) is 44.5 Å². The zero-order valence-corrected chi connectivity index (χ0v) is 11.8. The van der Waals surface area contributed by atoms with Crippen molar-refractivity contribution in [1.29, 1.82) is 0 Å². The minimum atomic E-state index is 0.145. The number of hydrogen-bond donors (Lipinski definition) is 1. The third-order valence-electron chi connectivity index (χ3n) is 3.38. The quantitative estimate of drug-likeness (QED) is 0.818. The third kappa shape index (κ3) is 3.88. The van der Waals surface area contributed by atoms with Gasteiger partial charge in [0.25, 0.3) is 0 Å². The van der Waals surface area contributed by atoms with Gasteiger partial charge in [0.1, 0.15) is 5.69 Å². The molecular formula is C14H23N3O2. The van der Waals surface area contributed by atoms with Gasteiger partial charge in [-0.3, -0.25) is 4.98 Å². The first kappa shape index (κ1) is 14.2. The summed E-state index contributed by atoms with van der Waals surface area (Å²) in [5.74, 6) is 0.606. The molecule has 2 unspecified atom stereocenters. The van der Waals surface area contributed by atoms with E-state index in [1.54, 1.807) is 19.5 Å². The normalized spacial score (nSPS) is 20.4. The molecule has 2 rings (SSSR count). The average Bonchev–Trinajstić information content (AvgIpc) is 2.96. The largest absolute Gasteiger partial charge is 0.480 e. The van der Waals surface area contributed by atoms with Crippen molar-refractivity contribution in [3.63, 3.8) is 0 Å². The van der Waals surface area contributed by atoms with Crippen molar-refractivity contribution >= 4 is 0 Å². The second-order valence-corrected chi connectivity index (χ2v) is 4.83. The molecule has 1 aromatic heterocycles. The number of hydrogen-bond acceptors (Lipinski definition) is 5. The average molecular weight is 265 g/mol. The van der Waals surface area contributed by atoms with E-state index in [4.69, 9.17) is 9.47 Å². The van der Waals surface area contributed by atoms with E-state index in [0.29, 0.717) is 12.0 Å². The molecule has 0 aliphatic carbocycles. The second kappa shape index (κ2) is 7.40. The van der Waals surface area contributed by atoms with Gasteiger partial charge in [-0.1, -0.05) is 6.92 Å². The highest BCUT2D eigenvalue weighted by molar-refractivity contribution is 5.21. The van der Waals surface area contributed by atoms with E-state index in [1.807, 2.05) is 0 Å². The summed E-state index contributed by atoms with van der Waals surface area (Å²) in [5.41, 5.74) is 0.883. The molecule has 1 fully saturated rings. The molecular weight excluding hydrogens is 242 g/mol. The Morgan fingerprint density at radius 2 is 2.32 bits per heavy atom. The highest BCUT2D eigenvalue weighted by Crippen LogP contribution is 2.28. The first-order valence-corrected chi connectivity index (χ1v) is 7.05. The van der Waals surface area contributed by atoms with Crippen molar-refractivity contribution in [3.05, 3.63) is 18.1 Å². The van der Waals surface area contributed by atoms with Gasteiger partial charge in [-0.05, 0) is 32.2 Å². The SMILES string of the molecule is CCCNC(CC1CCCO1)c1nccnc1OC. The summed E-state index contributed by atoms with van der Waals surface area (Å²) in [6.45, 7) is 3.99. The Bertz CT molecular complexity index is 381. The summed E-state index contributed by atoms with van der Waals surface area (Å²) in [4.78, 5) is 8.67. The highest BCUT2D eigenvalue weighted by atomic mass is 16.5. The lowest BCUT2D eigenvalue weighted by Gasteiger charge is -2.22. The van der Waals surface area contributed by atoms with E-state index < -0.39 is 0 Å². The van der Waals surface area contributed by atoms with Gasteiger partial charge in [0.15, 0.2) is 0 Å². The van der Waals surface area contributed by atoms with Gasteiger partial charge in [-0.15, -0.1) is 0 Å². The summed E-state index contributed by atoms with van der Waals surface area (Å²) >= 11 is 0. The first-order chi connectivity index (χ1) is 9.35. The van der Waals surface area contributed by atoms with Gasteiger partial charge in [0, 0.05) is 19.0 Å². The molecule has 0 bridgehead atoms. The smallest absolute Gasteiger partial charge is 0.236 e. The van der Waals surface area contributed by atoms with Crippen LogP contribution < -0.4 is 10.1 Å². The molecule has 1 saturated heterocycles. The lowest BCUT2D eigenvalue weighted by Crippen LogP contribution is -2.27. The molecule has 1 aliphatic rings. The minimum Gasteiger partial charge on any atom is -0.480 e. The van der Waals surface area contributed by atoms with Crippen molar-refractivity contribution < 1.29 is 9.47 Å². The van der Waals surface area contributed by atoms with E-state index in [2.05, 4.69) is 22.2 Å². The van der Waals surface area contributed by atoms with Crippen molar-refractivity contribution in [2.24, 2.45) is 0 Å². The Morgan fingerprint density at radius 3 is 3.00 bits per heavy atom. The molecule has 1 N–H and O–H groups in total. The number of nitrogens with zero attached hydrogens (tertiary/aromatic N) is 2. The highest BCUT2D eigenvalue weighted by Gasteiger charge is 2.25. The van der Waals surface area contributed by atoms with Crippen molar-refractivity contribution in [2.75, 3.05) is 20.3 Å². The van der Waals surface area contributed by atoms with Crippen molar-refractivity contribution in [1.82, 2.24) is 15.3 Å². The zero-order valence-electron chi connectivity index (χ0n) is 11.8. The number of aromatic nitrogens is 2. The molecule has 1 aromatic rings. The molecule has 106 valence electrons. The second-order valence-electron chi connectivity index (χ2n) is 4.83. The van der Waals surface area contributed by atoms with Gasteiger partial charge in [0.05, 0.1) is 19.3 Å². The molecule has 5 nitrogen and oxygen atoms in total. The third-order valence-corrected chi connectivity index (χ3v) is 3.38. The van der Waals surface area contributed by atoms with Crippen LogP contribution in [-0.2, 0) is 4.74 Å². The van der Waals surface area contributed by atoms with E-state index in [-0.39, 0.29) is 6.04 Å². The monoisotopic (exact) mass is 265 g/mol. The summed E-state index contributed by atoms with van der Waals surface area (Å²) < 4.78 is 11.0. The fraction of sp³-hybridized carbons (Fsp3) is 0.714. The van der Waals surface area contributed by atoms with E-state index >= 15 is 0 Å². The molecule has 0 spiro atoms. The van der Waals surface area contributed by atoms with E-state index in [1.165, 1.54) is 0 Å². The molecule has 0 aromatic carbocycles. The lowest BCUT2D eigenvalue weighted by molar-refractivity contribution is 0.0937. The Balaban J connectivity index is 2.10. The Hall–Kier alpha value is -1.20. The Labute approximate surface area is 114 Å². The van der Waals surface area contributed by atoms with Crippen LogP contribution in [0.25, 0.3) is 0 Å². The van der Waals surface area contributed by atoms with Gasteiger partial charge < -0.3 is 14.8 Å². The maximum atomic E-state index is 5.73. The van der Waals surface area contributed by atoms with Crippen molar-refractivity contribution in [3.8, 4) is 5.88 Å². The van der Waals surface area contributed by atoms with Crippen LogP contribution >= 0.6 is 0 Å². The number of nitrogens with one attached hydrogen (secondary N) is 1. The lowest BCUT2D eigenvalue weighted by atomic mass is 10.0. The van der Waals surface area contributed by atoms with Crippen LogP contribution in [0.5, 0.6) is 5.88 Å². The molecule has 1 aliphatic heterocycles. The first-order valence-electron chi connectivity index (χ1n) is 7.05. The predicted octanol–water partition coefficient (Wildman–Crippen LogP) is 2.09. The summed E-state index contributed by atoms with van der Waals surface area (Å²) in [7, 11) is 1.64. The molecule has 2 atom stereocenters. The molecule has 0 saturated carbocycles. The number of methoxy groups -OCH3 is 1. The molecule has 2 heterocycles. The standard InChI is InChI=1S/C14H23N3O2/c1-3-6-15-12(10-11-5-4-9-19-11)13-14(18-2)17-8-7-16-13/h7-8,11-12,15H,3-6,9-10H2,1-2H3. The van der Waals surface area contributed by atoms with Crippen LogP contribution in [0.3, 0.4) is 0 Å². The van der Waals surface area contributed by atoms with Gasteiger partial charge in [-0.25, -0.2) is 4.98 Å². The number of rotatable bonds is 7. The Kier molecular flexibility index (Phi) is 5.54. The number of ether oxygens (including phenoxy) is 2. The van der Waals surface area contributed by atoms with Crippen LogP contribution in [0, 0.1) is 0 Å². The fourth-order valence-corrected chi connectivity index (χ4v) is 2.44. The topological polar surface area (TPSA) is 56.3 Å². The van der Waals surface area contributed by atoms with Gasteiger partial charge in [-0.2, -0.15) is 0 Å². The van der Waals surface area contributed by atoms with Crippen LogP contribution in [0.1, 0.15) is 44.3 Å². The van der Waals surface area contributed by atoms with Crippen LogP contribution in [0.2, 0.25) is 0 Å². The van der Waals surface area contributed by atoms with Crippen LogP contribution in [-0.4, -0.2) is 36.3 Å². The molecule has 5 heteroatoms. The van der Waals surface area contributed by atoms with Crippen molar-refractivity contribution in [2.45, 2.75) is 44.8 Å². The van der Waals surface area contributed by atoms with E-state index in [9.17, 15) is 0 Å². The van der Waals surface area contributed by atoms with Crippen LogP contribution in [0.4, 0.5) is 0 Å². The molecule has 0 radical (unpaired) electrons. The summed E-state index contributed by atoms with van der Waals surface area (Å²) in [6.07, 6.45) is 8.00. The minimum absolute atomic E-state index is 0.145. The maximum Gasteiger partial charge on any atom is 0.236 e. The Morgan fingerprint density at radius 1 is 1.47 bits per heavy atom. The summed E-state index contributed by atoms with van der Waals surface area (Å²) in [5, 5.41) is 3.52. The van der Waals surface area contributed by atoms with Gasteiger partial charge in [0.2, 0.25) is 5.88 Å². The fourth-order valence-electron chi connectivity index (χ4n) is 2.44. The molecule has 0 amide bonds. The van der Waals surface area contributed by atoms with Gasteiger partial charge >= 0.3 is 0 Å². The predicted molar refractivity (Wildman–Crippen MR) is 73.2 cm³/mol. The van der Waals surface area contributed by atoms with Crippen LogP contribution in [0.15, 0.2) is 12.4 Å². The summed E-state index contributed by atoms with van der Waals surface area (Å²) in [6, 6.07) is 0.145.